The lowest BCUT2D eigenvalue weighted by Gasteiger charge is -2.27. The molecule has 2 aromatic carbocycles. The Bertz CT molecular complexity index is 944. The van der Waals surface area contributed by atoms with Crippen molar-refractivity contribution < 1.29 is 13.2 Å². The molecular formula is C19H19ClN2O3S. The Kier molecular flexibility index (Phi) is 4.50. The summed E-state index contributed by atoms with van der Waals surface area (Å²) in [5.74, 6) is -0.134. The van der Waals surface area contributed by atoms with Crippen LogP contribution >= 0.6 is 11.6 Å². The van der Waals surface area contributed by atoms with E-state index < -0.39 is 16.1 Å². The van der Waals surface area contributed by atoms with E-state index in [9.17, 15) is 13.2 Å². The van der Waals surface area contributed by atoms with Crippen LogP contribution < -0.4 is 4.90 Å². The highest BCUT2D eigenvalue weighted by molar-refractivity contribution is 7.89. The van der Waals surface area contributed by atoms with Gasteiger partial charge in [-0.15, -0.1) is 0 Å². The minimum Gasteiger partial charge on any atom is -0.310 e. The fourth-order valence-corrected chi connectivity index (χ4v) is 5.54. The van der Waals surface area contributed by atoms with Crippen LogP contribution in [0, 0.1) is 0 Å². The van der Waals surface area contributed by atoms with Gasteiger partial charge in [0, 0.05) is 23.8 Å². The van der Waals surface area contributed by atoms with Gasteiger partial charge in [0.2, 0.25) is 15.9 Å². The molecule has 0 aliphatic carbocycles. The van der Waals surface area contributed by atoms with E-state index in [0.717, 1.165) is 17.7 Å². The number of sulfonamides is 1. The van der Waals surface area contributed by atoms with Gasteiger partial charge in [0.05, 0.1) is 4.90 Å². The van der Waals surface area contributed by atoms with Crippen LogP contribution in [-0.2, 0) is 21.2 Å². The second-order valence-electron chi connectivity index (χ2n) is 6.60. The third-order valence-electron chi connectivity index (χ3n) is 5.06. The molecule has 2 aliphatic rings. The van der Waals surface area contributed by atoms with Gasteiger partial charge >= 0.3 is 0 Å². The van der Waals surface area contributed by atoms with E-state index >= 15 is 0 Å². The third kappa shape index (κ3) is 2.92. The summed E-state index contributed by atoms with van der Waals surface area (Å²) in [5, 5.41) is 0.478. The van der Waals surface area contributed by atoms with E-state index in [1.165, 1.54) is 16.4 Å². The van der Waals surface area contributed by atoms with Gasteiger partial charge in [0.1, 0.15) is 6.04 Å². The number of anilines is 1. The van der Waals surface area contributed by atoms with Crippen molar-refractivity contribution in [2.75, 3.05) is 18.0 Å². The lowest BCUT2D eigenvalue weighted by atomic mass is 10.1. The van der Waals surface area contributed by atoms with Crippen molar-refractivity contribution in [1.29, 1.82) is 0 Å². The van der Waals surface area contributed by atoms with Crippen molar-refractivity contribution in [2.24, 2.45) is 0 Å². The Hall–Kier alpha value is -1.89. The zero-order valence-corrected chi connectivity index (χ0v) is 15.7. The minimum absolute atomic E-state index is 0.134. The number of rotatable bonds is 3. The number of halogens is 1. The number of para-hydroxylation sites is 1. The number of nitrogens with zero attached hydrogens (tertiary/aromatic N) is 2. The topological polar surface area (TPSA) is 57.7 Å². The Morgan fingerprint density at radius 2 is 1.77 bits per heavy atom. The second kappa shape index (κ2) is 6.68. The molecule has 0 N–H and O–H groups in total. The summed E-state index contributed by atoms with van der Waals surface area (Å²) < 4.78 is 27.4. The number of benzene rings is 2. The summed E-state index contributed by atoms with van der Waals surface area (Å²) in [6.45, 7) is 0.959. The summed E-state index contributed by atoms with van der Waals surface area (Å²) in [4.78, 5) is 15.1. The Morgan fingerprint density at radius 3 is 2.54 bits per heavy atom. The van der Waals surface area contributed by atoms with Gasteiger partial charge in [-0.1, -0.05) is 29.8 Å². The molecule has 0 unspecified atom stereocenters. The first-order valence-corrected chi connectivity index (χ1v) is 10.5. The standard InChI is InChI=1S/C19H19ClN2O3S/c20-15-7-9-16(10-8-15)26(24,25)22-12-3-6-18(22)19(23)21-13-11-14-4-1-2-5-17(14)21/h1-2,4-5,7-10,18H,3,6,11-13H2/t18-/m1/s1. The third-order valence-corrected chi connectivity index (χ3v) is 7.24. The molecule has 136 valence electrons. The lowest BCUT2D eigenvalue weighted by molar-refractivity contribution is -0.121. The summed E-state index contributed by atoms with van der Waals surface area (Å²) in [6, 6.07) is 13.2. The van der Waals surface area contributed by atoms with E-state index in [0.29, 0.717) is 31.0 Å². The van der Waals surface area contributed by atoms with Gasteiger partial charge in [0.25, 0.3) is 0 Å². The van der Waals surface area contributed by atoms with Crippen LogP contribution in [0.25, 0.3) is 0 Å². The molecule has 1 fully saturated rings. The average Bonchev–Trinajstić information content (AvgIpc) is 3.29. The van der Waals surface area contributed by atoms with Crippen molar-refractivity contribution >= 4 is 33.2 Å². The quantitative estimate of drug-likeness (QED) is 0.809. The molecule has 0 spiro atoms. The highest BCUT2D eigenvalue weighted by Crippen LogP contribution is 2.32. The molecule has 2 aliphatic heterocycles. The fourth-order valence-electron chi connectivity index (χ4n) is 3.76. The van der Waals surface area contributed by atoms with Crippen molar-refractivity contribution in [3.8, 4) is 0 Å². The largest absolute Gasteiger partial charge is 0.310 e. The number of carbonyl (C=O) groups is 1. The van der Waals surface area contributed by atoms with Crippen molar-refractivity contribution in [1.82, 2.24) is 4.31 Å². The normalized spacial score (nSPS) is 20.3. The monoisotopic (exact) mass is 390 g/mol. The van der Waals surface area contributed by atoms with E-state index in [4.69, 9.17) is 11.6 Å². The minimum atomic E-state index is -3.73. The molecule has 7 heteroatoms. The maximum Gasteiger partial charge on any atom is 0.245 e. The first-order valence-electron chi connectivity index (χ1n) is 8.65. The van der Waals surface area contributed by atoms with Crippen LogP contribution in [0.3, 0.4) is 0 Å². The summed E-state index contributed by atoms with van der Waals surface area (Å²) in [5.41, 5.74) is 2.03. The first-order chi connectivity index (χ1) is 12.5. The Balaban J connectivity index is 1.63. The highest BCUT2D eigenvalue weighted by Gasteiger charge is 2.42. The van der Waals surface area contributed by atoms with Crippen molar-refractivity contribution in [3.63, 3.8) is 0 Å². The maximum atomic E-state index is 13.2. The molecule has 4 rings (SSSR count). The molecule has 0 saturated carbocycles. The van der Waals surface area contributed by atoms with Gasteiger partial charge in [0.15, 0.2) is 0 Å². The van der Waals surface area contributed by atoms with Crippen LogP contribution in [0.2, 0.25) is 5.02 Å². The van der Waals surface area contributed by atoms with E-state index in [2.05, 4.69) is 0 Å². The van der Waals surface area contributed by atoms with E-state index in [1.54, 1.807) is 17.0 Å². The molecule has 2 heterocycles. The molecule has 2 aromatic rings. The summed E-state index contributed by atoms with van der Waals surface area (Å²) in [7, 11) is -3.73. The molecule has 26 heavy (non-hydrogen) atoms. The van der Waals surface area contributed by atoms with Crippen molar-refractivity contribution in [2.45, 2.75) is 30.2 Å². The lowest BCUT2D eigenvalue weighted by Crippen LogP contribution is -2.47. The number of amides is 1. The van der Waals surface area contributed by atoms with Crippen LogP contribution in [0.4, 0.5) is 5.69 Å². The molecule has 0 radical (unpaired) electrons. The number of hydrogen-bond acceptors (Lipinski definition) is 3. The first kappa shape index (κ1) is 17.5. The zero-order chi connectivity index (χ0) is 18.3. The molecule has 0 bridgehead atoms. The molecule has 0 aromatic heterocycles. The van der Waals surface area contributed by atoms with Gasteiger partial charge in [-0.05, 0) is 55.2 Å². The molecule has 1 saturated heterocycles. The fraction of sp³-hybridized carbons (Fsp3) is 0.316. The average molecular weight is 391 g/mol. The highest BCUT2D eigenvalue weighted by atomic mass is 35.5. The maximum absolute atomic E-state index is 13.2. The SMILES string of the molecule is O=C([C@H]1CCCN1S(=O)(=O)c1ccc(Cl)cc1)N1CCc2ccccc21. The zero-order valence-electron chi connectivity index (χ0n) is 14.1. The molecule has 1 amide bonds. The van der Waals surface area contributed by atoms with Crippen molar-refractivity contribution in [3.05, 3.63) is 59.1 Å². The predicted octanol–water partition coefficient (Wildman–Crippen LogP) is 3.08. The van der Waals surface area contributed by atoms with Crippen LogP contribution in [-0.4, -0.2) is 37.8 Å². The molecule has 1 atom stereocenters. The van der Waals surface area contributed by atoms with E-state index in [1.807, 2.05) is 24.3 Å². The molecule has 5 nitrogen and oxygen atoms in total. The predicted molar refractivity (Wildman–Crippen MR) is 101 cm³/mol. The van der Waals surface area contributed by atoms with Crippen LogP contribution in [0.5, 0.6) is 0 Å². The summed E-state index contributed by atoms with van der Waals surface area (Å²) >= 11 is 5.87. The number of hydrogen-bond donors (Lipinski definition) is 0. The Labute approximate surface area is 158 Å². The van der Waals surface area contributed by atoms with Gasteiger partial charge in [-0.2, -0.15) is 4.31 Å². The summed E-state index contributed by atoms with van der Waals surface area (Å²) in [6.07, 6.45) is 2.03. The van der Waals surface area contributed by atoms with Gasteiger partial charge < -0.3 is 4.90 Å². The van der Waals surface area contributed by atoms with Crippen LogP contribution in [0.15, 0.2) is 53.4 Å². The van der Waals surface area contributed by atoms with Gasteiger partial charge in [-0.3, -0.25) is 4.79 Å². The van der Waals surface area contributed by atoms with Crippen LogP contribution in [0.1, 0.15) is 18.4 Å². The van der Waals surface area contributed by atoms with E-state index in [-0.39, 0.29) is 10.8 Å². The van der Waals surface area contributed by atoms with Gasteiger partial charge in [-0.25, -0.2) is 8.42 Å². The number of fused-ring (bicyclic) bond motifs is 1. The molecular weight excluding hydrogens is 372 g/mol. The number of carbonyl (C=O) groups excluding carboxylic acids is 1. The smallest absolute Gasteiger partial charge is 0.245 e. The second-order valence-corrected chi connectivity index (χ2v) is 8.92. The Morgan fingerprint density at radius 1 is 1.04 bits per heavy atom.